The Morgan fingerprint density at radius 3 is 2.68 bits per heavy atom. The van der Waals surface area contributed by atoms with Crippen molar-refractivity contribution in [3.8, 4) is 22.8 Å². The maximum Gasteiger partial charge on any atom is 0.231 e. The maximum atomic E-state index is 12.4. The fourth-order valence-electron chi connectivity index (χ4n) is 2.97. The predicted octanol–water partition coefficient (Wildman–Crippen LogP) is 2.69. The normalized spacial score (nSPS) is 12.6. The van der Waals surface area contributed by atoms with Crippen LogP contribution in [0.2, 0.25) is 0 Å². The van der Waals surface area contributed by atoms with Crippen LogP contribution in [-0.2, 0) is 13.2 Å². The fraction of sp³-hybridized carbons (Fsp3) is 0.143. The SMILES string of the molecule is O=C(/C=C/c1cc(-c2ccc(CO)c(CO)c2)n[nH]1)c1ccc2c(c1)OCO2. The van der Waals surface area contributed by atoms with Crippen LogP contribution in [0, 0.1) is 0 Å². The summed E-state index contributed by atoms with van der Waals surface area (Å²) < 4.78 is 10.5. The average Bonchev–Trinajstić information content (AvgIpc) is 3.40. The molecule has 2 heterocycles. The Morgan fingerprint density at radius 1 is 1.04 bits per heavy atom. The molecule has 3 N–H and O–H groups in total. The molecular formula is C21H18N2O5. The number of aliphatic hydroxyl groups excluding tert-OH is 2. The Kier molecular flexibility index (Phi) is 4.92. The molecule has 0 bridgehead atoms. The van der Waals surface area contributed by atoms with Gasteiger partial charge in [0, 0.05) is 11.1 Å². The van der Waals surface area contributed by atoms with E-state index in [2.05, 4.69) is 10.2 Å². The van der Waals surface area contributed by atoms with Crippen molar-refractivity contribution in [3.63, 3.8) is 0 Å². The standard InChI is InChI=1S/C21H18N2O5/c24-10-15-2-1-13(7-16(15)11-25)18-9-17(22-23-18)4-5-19(26)14-3-6-20-21(8-14)28-12-27-20/h1-9,24-25H,10-12H2,(H,22,23)/b5-4+. The number of aliphatic hydroxyl groups is 2. The van der Waals surface area contributed by atoms with E-state index < -0.39 is 0 Å². The number of hydrogen-bond acceptors (Lipinski definition) is 6. The van der Waals surface area contributed by atoms with Crippen LogP contribution in [0.15, 0.2) is 48.5 Å². The summed E-state index contributed by atoms with van der Waals surface area (Å²) in [6.45, 7) is -0.130. The summed E-state index contributed by atoms with van der Waals surface area (Å²) in [6, 6.07) is 12.2. The number of carbonyl (C=O) groups is 1. The van der Waals surface area contributed by atoms with Crippen molar-refractivity contribution >= 4 is 11.9 Å². The maximum absolute atomic E-state index is 12.4. The van der Waals surface area contributed by atoms with Gasteiger partial charge in [0.1, 0.15) is 0 Å². The van der Waals surface area contributed by atoms with E-state index in [0.717, 1.165) is 5.56 Å². The smallest absolute Gasteiger partial charge is 0.231 e. The summed E-state index contributed by atoms with van der Waals surface area (Å²) in [5, 5.41) is 25.8. The van der Waals surface area contributed by atoms with Crippen molar-refractivity contribution in [1.29, 1.82) is 0 Å². The quantitative estimate of drug-likeness (QED) is 0.450. The van der Waals surface area contributed by atoms with Gasteiger partial charge < -0.3 is 19.7 Å². The lowest BCUT2D eigenvalue weighted by Gasteiger charge is -2.06. The number of ether oxygens (including phenoxy) is 2. The van der Waals surface area contributed by atoms with Gasteiger partial charge in [0.05, 0.1) is 24.6 Å². The molecule has 0 atom stereocenters. The van der Waals surface area contributed by atoms with Crippen LogP contribution >= 0.6 is 0 Å². The molecule has 2 aromatic carbocycles. The molecular weight excluding hydrogens is 360 g/mol. The first kappa shape index (κ1) is 18.0. The minimum atomic E-state index is -0.163. The third-order valence-corrected chi connectivity index (χ3v) is 4.51. The van der Waals surface area contributed by atoms with Gasteiger partial charge in [0.15, 0.2) is 17.3 Å². The molecule has 0 aliphatic carbocycles. The lowest BCUT2D eigenvalue weighted by atomic mass is 10.0. The number of ketones is 1. The van der Waals surface area contributed by atoms with E-state index in [1.54, 1.807) is 42.5 Å². The van der Waals surface area contributed by atoms with Gasteiger partial charge in [-0.1, -0.05) is 12.1 Å². The molecule has 7 nitrogen and oxygen atoms in total. The topological polar surface area (TPSA) is 105 Å². The number of aromatic amines is 1. The molecule has 0 saturated heterocycles. The van der Waals surface area contributed by atoms with E-state index in [9.17, 15) is 15.0 Å². The number of carbonyl (C=O) groups excluding carboxylic acids is 1. The third-order valence-electron chi connectivity index (χ3n) is 4.51. The lowest BCUT2D eigenvalue weighted by Crippen LogP contribution is -1.94. The highest BCUT2D eigenvalue weighted by Gasteiger charge is 2.15. The molecule has 3 aromatic rings. The molecule has 7 heteroatoms. The van der Waals surface area contributed by atoms with Crippen LogP contribution < -0.4 is 9.47 Å². The van der Waals surface area contributed by atoms with Gasteiger partial charge >= 0.3 is 0 Å². The number of aromatic nitrogens is 2. The molecule has 4 rings (SSSR count). The van der Waals surface area contributed by atoms with Crippen molar-refractivity contribution in [1.82, 2.24) is 10.2 Å². The van der Waals surface area contributed by atoms with Crippen molar-refractivity contribution < 1.29 is 24.5 Å². The fourth-order valence-corrected chi connectivity index (χ4v) is 2.97. The lowest BCUT2D eigenvalue weighted by molar-refractivity contribution is 0.104. The van der Waals surface area contributed by atoms with E-state index in [-0.39, 0.29) is 25.8 Å². The van der Waals surface area contributed by atoms with Gasteiger partial charge in [0.25, 0.3) is 0 Å². The predicted molar refractivity (Wildman–Crippen MR) is 102 cm³/mol. The van der Waals surface area contributed by atoms with Crippen molar-refractivity contribution in [2.24, 2.45) is 0 Å². The van der Waals surface area contributed by atoms with Crippen molar-refractivity contribution in [3.05, 3.63) is 70.9 Å². The molecule has 0 amide bonds. The third kappa shape index (κ3) is 3.53. The van der Waals surface area contributed by atoms with E-state index in [4.69, 9.17) is 9.47 Å². The van der Waals surface area contributed by atoms with Crippen LogP contribution in [-0.4, -0.2) is 33.0 Å². The molecule has 0 saturated carbocycles. The molecule has 1 aliphatic heterocycles. The van der Waals surface area contributed by atoms with Crippen LogP contribution in [0.1, 0.15) is 27.2 Å². The second-order valence-corrected chi connectivity index (χ2v) is 6.27. The number of hydrogen-bond donors (Lipinski definition) is 3. The summed E-state index contributed by atoms with van der Waals surface area (Å²) in [5.41, 5.74) is 3.98. The molecule has 0 spiro atoms. The monoisotopic (exact) mass is 378 g/mol. The highest BCUT2D eigenvalue weighted by atomic mass is 16.7. The zero-order chi connectivity index (χ0) is 19.5. The first-order valence-corrected chi connectivity index (χ1v) is 8.69. The van der Waals surface area contributed by atoms with E-state index >= 15 is 0 Å². The molecule has 1 aromatic heterocycles. The van der Waals surface area contributed by atoms with Crippen LogP contribution in [0.3, 0.4) is 0 Å². The molecule has 0 fully saturated rings. The zero-order valence-electron chi connectivity index (χ0n) is 14.9. The van der Waals surface area contributed by atoms with Gasteiger partial charge in [-0.2, -0.15) is 5.10 Å². The summed E-state index contributed by atoms with van der Waals surface area (Å²) in [5.74, 6) is 1.03. The minimum absolute atomic E-state index is 0.132. The number of nitrogens with zero attached hydrogens (tertiary/aromatic N) is 1. The van der Waals surface area contributed by atoms with Gasteiger partial charge in [-0.05, 0) is 53.6 Å². The largest absolute Gasteiger partial charge is 0.454 e. The number of H-pyrrole nitrogens is 1. The number of nitrogens with one attached hydrogen (secondary N) is 1. The highest BCUT2D eigenvalue weighted by molar-refractivity contribution is 6.07. The van der Waals surface area contributed by atoms with Crippen LogP contribution in [0.5, 0.6) is 11.5 Å². The average molecular weight is 378 g/mol. The van der Waals surface area contributed by atoms with E-state index in [1.807, 2.05) is 6.07 Å². The summed E-state index contributed by atoms with van der Waals surface area (Å²) in [4.78, 5) is 12.4. The van der Waals surface area contributed by atoms with Crippen LogP contribution in [0.4, 0.5) is 0 Å². The number of fused-ring (bicyclic) bond motifs is 1. The highest BCUT2D eigenvalue weighted by Crippen LogP contribution is 2.32. The van der Waals surface area contributed by atoms with Gasteiger partial charge in [-0.15, -0.1) is 0 Å². The number of rotatable bonds is 6. The first-order chi connectivity index (χ1) is 13.7. The summed E-state index contributed by atoms with van der Waals surface area (Å²) in [7, 11) is 0. The molecule has 0 radical (unpaired) electrons. The Balaban J connectivity index is 1.51. The number of allylic oxidation sites excluding steroid dienone is 1. The van der Waals surface area contributed by atoms with E-state index in [0.29, 0.717) is 39.6 Å². The second-order valence-electron chi connectivity index (χ2n) is 6.27. The minimum Gasteiger partial charge on any atom is -0.454 e. The Bertz CT molecular complexity index is 1050. The van der Waals surface area contributed by atoms with Gasteiger partial charge in [-0.25, -0.2) is 0 Å². The summed E-state index contributed by atoms with van der Waals surface area (Å²) in [6.07, 6.45) is 3.11. The number of benzene rings is 2. The Labute approximate surface area is 160 Å². The van der Waals surface area contributed by atoms with E-state index in [1.165, 1.54) is 6.08 Å². The molecule has 1 aliphatic rings. The van der Waals surface area contributed by atoms with Gasteiger partial charge in [0.2, 0.25) is 6.79 Å². The first-order valence-electron chi connectivity index (χ1n) is 8.69. The Morgan fingerprint density at radius 2 is 1.86 bits per heavy atom. The van der Waals surface area contributed by atoms with Gasteiger partial charge in [-0.3, -0.25) is 9.89 Å². The molecule has 142 valence electrons. The summed E-state index contributed by atoms with van der Waals surface area (Å²) >= 11 is 0. The molecule has 0 unspecified atom stereocenters. The Hall–Kier alpha value is -3.42. The zero-order valence-corrected chi connectivity index (χ0v) is 14.9. The van der Waals surface area contributed by atoms with Crippen molar-refractivity contribution in [2.75, 3.05) is 6.79 Å². The molecule has 28 heavy (non-hydrogen) atoms. The van der Waals surface area contributed by atoms with Crippen molar-refractivity contribution in [2.45, 2.75) is 13.2 Å². The van der Waals surface area contributed by atoms with Crippen LogP contribution in [0.25, 0.3) is 17.3 Å². The second kappa shape index (κ2) is 7.67.